The Bertz CT molecular complexity index is 1130. The van der Waals surface area contributed by atoms with Crippen LogP contribution in [0.15, 0.2) is 53.3 Å². The van der Waals surface area contributed by atoms with Gasteiger partial charge in [0.1, 0.15) is 6.04 Å². The van der Waals surface area contributed by atoms with Crippen molar-refractivity contribution in [2.24, 2.45) is 0 Å². The molecule has 0 aliphatic rings. The van der Waals surface area contributed by atoms with E-state index >= 15 is 0 Å². The molecule has 29 heavy (non-hydrogen) atoms. The molecule has 3 rings (SSSR count). The Hall–Kier alpha value is -3.39. The fourth-order valence-electron chi connectivity index (χ4n) is 2.77. The Morgan fingerprint density at radius 3 is 2.55 bits per heavy atom. The molecule has 0 aliphatic heterocycles. The molecule has 3 aromatic rings. The number of carbonyl (C=O) groups excluding carboxylic acids is 2. The second-order valence-corrected chi connectivity index (χ2v) is 6.70. The van der Waals surface area contributed by atoms with Crippen molar-refractivity contribution in [1.29, 1.82) is 0 Å². The molecule has 0 saturated heterocycles. The fourth-order valence-corrected chi connectivity index (χ4v) is 2.99. The van der Waals surface area contributed by atoms with Crippen molar-refractivity contribution in [3.8, 4) is 0 Å². The van der Waals surface area contributed by atoms with Crippen LogP contribution in [0.4, 0.5) is 5.95 Å². The number of anilines is 1. The highest BCUT2D eigenvalue weighted by Crippen LogP contribution is 2.14. The van der Waals surface area contributed by atoms with Crippen molar-refractivity contribution >= 4 is 40.3 Å². The zero-order valence-corrected chi connectivity index (χ0v) is 16.7. The predicted molar refractivity (Wildman–Crippen MR) is 112 cm³/mol. The van der Waals surface area contributed by atoms with Gasteiger partial charge in [-0.1, -0.05) is 35.9 Å². The molecule has 0 radical (unpaired) electrons. The third-order valence-corrected chi connectivity index (χ3v) is 4.66. The quantitative estimate of drug-likeness (QED) is 0.538. The van der Waals surface area contributed by atoms with Crippen molar-refractivity contribution in [1.82, 2.24) is 20.3 Å². The minimum absolute atomic E-state index is 0.203. The molecular formula is C20H20ClN5O3. The van der Waals surface area contributed by atoms with Crippen molar-refractivity contribution in [2.75, 3.05) is 5.43 Å². The van der Waals surface area contributed by atoms with Gasteiger partial charge >= 0.3 is 0 Å². The van der Waals surface area contributed by atoms with Crippen LogP contribution in [0.3, 0.4) is 0 Å². The maximum Gasteiger partial charge on any atom is 0.262 e. The van der Waals surface area contributed by atoms with Gasteiger partial charge in [-0.05, 0) is 38.1 Å². The van der Waals surface area contributed by atoms with Gasteiger partial charge in [0, 0.05) is 6.54 Å². The number of hydrogen-bond acceptors (Lipinski definition) is 5. The first kappa shape index (κ1) is 20.3. The number of hydrogen-bond donors (Lipinski definition) is 3. The van der Waals surface area contributed by atoms with E-state index in [1.807, 2.05) is 0 Å². The minimum Gasteiger partial charge on any atom is -0.340 e. The number of carbonyl (C=O) groups is 2. The molecule has 0 spiro atoms. The molecule has 1 heterocycles. The average Bonchev–Trinajstić information content (AvgIpc) is 2.72. The second kappa shape index (κ2) is 8.74. The molecule has 0 saturated carbocycles. The molecule has 150 valence electrons. The van der Waals surface area contributed by atoms with Gasteiger partial charge in [0.15, 0.2) is 0 Å². The number of amides is 2. The lowest BCUT2D eigenvalue weighted by molar-refractivity contribution is -0.122. The monoisotopic (exact) mass is 413 g/mol. The highest BCUT2D eigenvalue weighted by molar-refractivity contribution is 6.33. The van der Waals surface area contributed by atoms with Crippen molar-refractivity contribution in [3.63, 3.8) is 0 Å². The molecule has 0 bridgehead atoms. The number of para-hydroxylation sites is 1. The SMILES string of the molecule is CCn1c(NNC(=O)[C@H](C)NC(=O)c2ccccc2Cl)nc2ccccc2c1=O. The molecular weight excluding hydrogens is 394 g/mol. The fraction of sp³-hybridized carbons (Fsp3) is 0.200. The number of nitrogens with zero attached hydrogens (tertiary/aromatic N) is 2. The van der Waals surface area contributed by atoms with Gasteiger partial charge in [-0.15, -0.1) is 0 Å². The molecule has 9 heteroatoms. The van der Waals surface area contributed by atoms with Crippen LogP contribution in [0.25, 0.3) is 10.9 Å². The minimum atomic E-state index is -0.853. The van der Waals surface area contributed by atoms with E-state index in [2.05, 4.69) is 21.2 Å². The van der Waals surface area contributed by atoms with Crippen LogP contribution in [-0.4, -0.2) is 27.4 Å². The van der Waals surface area contributed by atoms with E-state index in [1.54, 1.807) is 55.5 Å². The maximum atomic E-state index is 12.6. The van der Waals surface area contributed by atoms with E-state index in [0.29, 0.717) is 22.5 Å². The summed E-state index contributed by atoms with van der Waals surface area (Å²) in [7, 11) is 0. The van der Waals surface area contributed by atoms with E-state index < -0.39 is 17.9 Å². The van der Waals surface area contributed by atoms with Gasteiger partial charge in [-0.3, -0.25) is 29.8 Å². The third-order valence-electron chi connectivity index (χ3n) is 4.33. The maximum absolute atomic E-state index is 12.6. The summed E-state index contributed by atoms with van der Waals surface area (Å²) in [6, 6.07) is 12.7. The van der Waals surface area contributed by atoms with E-state index in [4.69, 9.17) is 11.6 Å². The zero-order valence-electron chi connectivity index (χ0n) is 15.9. The molecule has 8 nitrogen and oxygen atoms in total. The van der Waals surface area contributed by atoms with E-state index in [0.717, 1.165) is 0 Å². The van der Waals surface area contributed by atoms with Crippen LogP contribution in [0, 0.1) is 0 Å². The number of aromatic nitrogens is 2. The van der Waals surface area contributed by atoms with Crippen molar-refractivity contribution in [2.45, 2.75) is 26.4 Å². The van der Waals surface area contributed by atoms with E-state index in [1.165, 1.54) is 11.5 Å². The van der Waals surface area contributed by atoms with Crippen molar-refractivity contribution in [3.05, 3.63) is 69.5 Å². The largest absolute Gasteiger partial charge is 0.340 e. The van der Waals surface area contributed by atoms with Gasteiger partial charge in [-0.2, -0.15) is 0 Å². The lowest BCUT2D eigenvalue weighted by Gasteiger charge is -2.17. The number of fused-ring (bicyclic) bond motifs is 1. The normalized spacial score (nSPS) is 11.7. The molecule has 1 atom stereocenters. The standard InChI is InChI=1S/C20H20ClN5O3/c1-3-26-19(29)14-9-5-7-11-16(14)23-20(26)25-24-17(27)12(2)22-18(28)13-8-4-6-10-15(13)21/h4-12H,3H2,1-2H3,(H,22,28)(H,23,25)(H,24,27)/t12-/m0/s1. The molecule has 0 fully saturated rings. The van der Waals surface area contributed by atoms with Crippen LogP contribution in [0.5, 0.6) is 0 Å². The molecule has 2 aromatic carbocycles. The Morgan fingerprint density at radius 2 is 1.83 bits per heavy atom. The summed E-state index contributed by atoms with van der Waals surface area (Å²) in [5.74, 6) is -0.766. The topological polar surface area (TPSA) is 105 Å². The first-order valence-corrected chi connectivity index (χ1v) is 9.41. The number of benzene rings is 2. The number of hydrazine groups is 1. The molecule has 1 aromatic heterocycles. The molecule has 3 N–H and O–H groups in total. The first-order valence-electron chi connectivity index (χ1n) is 9.03. The van der Waals surface area contributed by atoms with Crippen LogP contribution in [-0.2, 0) is 11.3 Å². The van der Waals surface area contributed by atoms with E-state index in [-0.39, 0.29) is 17.1 Å². The Kier molecular flexibility index (Phi) is 6.13. The van der Waals surface area contributed by atoms with Gasteiger partial charge in [0.25, 0.3) is 17.4 Å². The summed E-state index contributed by atoms with van der Waals surface area (Å²) in [5, 5.41) is 3.37. The smallest absolute Gasteiger partial charge is 0.262 e. The van der Waals surface area contributed by atoms with Crippen LogP contribution in [0.1, 0.15) is 24.2 Å². The molecule has 0 aliphatic carbocycles. The third kappa shape index (κ3) is 4.38. The lowest BCUT2D eigenvalue weighted by atomic mass is 10.2. The zero-order chi connectivity index (χ0) is 21.0. The summed E-state index contributed by atoms with van der Waals surface area (Å²) < 4.78 is 1.41. The highest BCUT2D eigenvalue weighted by Gasteiger charge is 2.19. The first-order chi connectivity index (χ1) is 13.9. The Labute approximate surface area is 171 Å². The second-order valence-electron chi connectivity index (χ2n) is 6.29. The predicted octanol–water partition coefficient (Wildman–Crippen LogP) is 2.33. The molecule has 0 unspecified atom stereocenters. The van der Waals surface area contributed by atoms with Crippen LogP contribution >= 0.6 is 11.6 Å². The summed E-state index contributed by atoms with van der Waals surface area (Å²) in [5.41, 5.74) is 5.73. The lowest BCUT2D eigenvalue weighted by Crippen LogP contribution is -2.47. The summed E-state index contributed by atoms with van der Waals surface area (Å²) in [6.45, 7) is 3.71. The summed E-state index contributed by atoms with van der Waals surface area (Å²) >= 11 is 6.00. The Morgan fingerprint density at radius 1 is 1.14 bits per heavy atom. The molecule has 2 amide bonds. The Balaban J connectivity index is 1.71. The van der Waals surface area contributed by atoms with Crippen LogP contribution in [0.2, 0.25) is 5.02 Å². The van der Waals surface area contributed by atoms with Gasteiger partial charge in [-0.25, -0.2) is 4.98 Å². The number of rotatable bonds is 6. The summed E-state index contributed by atoms with van der Waals surface area (Å²) in [4.78, 5) is 41.7. The van der Waals surface area contributed by atoms with E-state index in [9.17, 15) is 14.4 Å². The number of nitrogens with one attached hydrogen (secondary N) is 3. The average molecular weight is 414 g/mol. The number of halogens is 1. The van der Waals surface area contributed by atoms with Crippen LogP contribution < -0.4 is 21.7 Å². The highest BCUT2D eigenvalue weighted by atomic mass is 35.5. The summed E-state index contributed by atoms with van der Waals surface area (Å²) in [6.07, 6.45) is 0. The van der Waals surface area contributed by atoms with Gasteiger partial charge in [0.05, 0.1) is 21.5 Å². The van der Waals surface area contributed by atoms with Crippen molar-refractivity contribution < 1.29 is 9.59 Å². The van der Waals surface area contributed by atoms with Gasteiger partial charge < -0.3 is 5.32 Å². The van der Waals surface area contributed by atoms with Gasteiger partial charge in [0.2, 0.25) is 5.95 Å².